The van der Waals surface area contributed by atoms with Crippen LogP contribution in [-0.2, 0) is 9.47 Å². The monoisotopic (exact) mass is 164 g/mol. The average Bonchev–Trinajstić information content (AvgIpc) is 1.85. The van der Waals surface area contributed by atoms with Gasteiger partial charge in [-0.25, -0.2) is 0 Å². The maximum Gasteiger partial charge on any atom is 0.171 e. The lowest BCUT2D eigenvalue weighted by molar-refractivity contribution is -0.222. The average molecular weight is 165 g/mol. The summed E-state index contributed by atoms with van der Waals surface area (Å²) in [6.45, 7) is 4.08. The van der Waals surface area contributed by atoms with Crippen molar-refractivity contribution in [3.8, 4) is 0 Å². The lowest BCUT2D eigenvalue weighted by atomic mass is 10.2. The predicted molar refractivity (Wildman–Crippen MR) is 40.2 cm³/mol. The van der Waals surface area contributed by atoms with Gasteiger partial charge in [-0.05, 0) is 20.3 Å². The van der Waals surface area contributed by atoms with Crippen molar-refractivity contribution in [2.45, 2.75) is 38.8 Å². The summed E-state index contributed by atoms with van der Waals surface area (Å²) in [6, 6.07) is 0. The fraction of sp³-hybridized carbons (Fsp3) is 1.00. The van der Waals surface area contributed by atoms with E-state index in [0.717, 1.165) is 6.42 Å². The molecule has 10 heavy (non-hydrogen) atoms. The van der Waals surface area contributed by atoms with Gasteiger partial charge in [-0.2, -0.15) is 0 Å². The van der Waals surface area contributed by atoms with Gasteiger partial charge in [0, 0.05) is 0 Å². The first-order valence-electron chi connectivity index (χ1n) is 3.59. The molecule has 0 amide bonds. The zero-order valence-corrected chi connectivity index (χ0v) is 7.10. The van der Waals surface area contributed by atoms with E-state index in [9.17, 15) is 0 Å². The fourth-order valence-electron chi connectivity index (χ4n) is 1.20. The summed E-state index contributed by atoms with van der Waals surface area (Å²) < 4.78 is 10.7. The highest BCUT2D eigenvalue weighted by atomic mass is 35.5. The summed E-state index contributed by atoms with van der Waals surface area (Å²) in [5.41, 5.74) is 0. The summed E-state index contributed by atoms with van der Waals surface area (Å²) >= 11 is 5.56. The Balaban J connectivity index is 2.35. The largest absolute Gasteiger partial charge is 0.348 e. The second-order valence-corrected chi connectivity index (χ2v) is 3.02. The number of ether oxygens (including phenoxy) is 2. The standard InChI is InChI=1S/C7H13ClO2/c1-5-3-6(2)10-7(4-8)9-5/h5-7H,3-4H2,1-2H3/t5-,6+,7?. The van der Waals surface area contributed by atoms with Crippen LogP contribution < -0.4 is 0 Å². The second kappa shape index (κ2) is 3.56. The molecule has 1 saturated heterocycles. The molecule has 1 fully saturated rings. The Morgan fingerprint density at radius 1 is 1.30 bits per heavy atom. The summed E-state index contributed by atoms with van der Waals surface area (Å²) in [5.74, 6) is 0.425. The van der Waals surface area contributed by atoms with Gasteiger partial charge in [-0.15, -0.1) is 11.6 Å². The van der Waals surface area contributed by atoms with Crippen molar-refractivity contribution in [2.24, 2.45) is 0 Å². The Bertz CT molecular complexity index is 97.8. The fourth-order valence-corrected chi connectivity index (χ4v) is 1.35. The summed E-state index contributed by atoms with van der Waals surface area (Å²) in [6.07, 6.45) is 1.34. The molecule has 3 atom stereocenters. The molecule has 0 spiro atoms. The minimum atomic E-state index is -0.194. The van der Waals surface area contributed by atoms with E-state index in [2.05, 4.69) is 0 Å². The molecule has 1 rings (SSSR count). The van der Waals surface area contributed by atoms with Gasteiger partial charge in [-0.1, -0.05) is 0 Å². The summed E-state index contributed by atoms with van der Waals surface area (Å²) in [7, 11) is 0. The zero-order chi connectivity index (χ0) is 7.56. The molecule has 60 valence electrons. The minimum absolute atomic E-state index is 0.194. The molecule has 1 unspecified atom stereocenters. The van der Waals surface area contributed by atoms with Crippen LogP contribution >= 0.6 is 11.6 Å². The third-order valence-corrected chi connectivity index (χ3v) is 1.81. The Kier molecular flexibility index (Phi) is 2.96. The third-order valence-electron chi connectivity index (χ3n) is 1.56. The van der Waals surface area contributed by atoms with Gasteiger partial charge in [0.05, 0.1) is 18.1 Å². The molecule has 0 aromatic carbocycles. The number of hydrogen-bond donors (Lipinski definition) is 0. The van der Waals surface area contributed by atoms with Crippen LogP contribution in [0.1, 0.15) is 20.3 Å². The number of halogens is 1. The van der Waals surface area contributed by atoms with E-state index in [-0.39, 0.29) is 18.5 Å². The van der Waals surface area contributed by atoms with E-state index >= 15 is 0 Å². The lowest BCUT2D eigenvalue weighted by Gasteiger charge is -2.31. The summed E-state index contributed by atoms with van der Waals surface area (Å²) in [5, 5.41) is 0. The van der Waals surface area contributed by atoms with Crippen molar-refractivity contribution in [2.75, 3.05) is 5.88 Å². The van der Waals surface area contributed by atoms with Crippen LogP contribution in [0.25, 0.3) is 0 Å². The van der Waals surface area contributed by atoms with Gasteiger partial charge in [0.2, 0.25) is 0 Å². The first-order chi connectivity index (χ1) is 4.72. The molecule has 3 heteroatoms. The van der Waals surface area contributed by atoms with E-state index < -0.39 is 0 Å². The molecule has 1 heterocycles. The lowest BCUT2D eigenvalue weighted by Crippen LogP contribution is -2.36. The maximum atomic E-state index is 5.56. The topological polar surface area (TPSA) is 18.5 Å². The Morgan fingerprint density at radius 3 is 2.20 bits per heavy atom. The Morgan fingerprint density at radius 2 is 1.80 bits per heavy atom. The van der Waals surface area contributed by atoms with Gasteiger partial charge in [0.1, 0.15) is 0 Å². The molecule has 1 aliphatic heterocycles. The first-order valence-corrected chi connectivity index (χ1v) is 4.12. The van der Waals surface area contributed by atoms with Crippen LogP contribution in [-0.4, -0.2) is 24.4 Å². The number of hydrogen-bond acceptors (Lipinski definition) is 2. The SMILES string of the molecule is C[C@@H]1C[C@H](C)OC(CCl)O1. The maximum absolute atomic E-state index is 5.56. The molecule has 0 aliphatic carbocycles. The molecular weight excluding hydrogens is 152 g/mol. The van der Waals surface area contributed by atoms with Crippen LogP contribution in [0.4, 0.5) is 0 Å². The Labute approximate surface area is 66.5 Å². The van der Waals surface area contributed by atoms with E-state index in [1.54, 1.807) is 0 Å². The predicted octanol–water partition coefficient (Wildman–Crippen LogP) is 1.77. The second-order valence-electron chi connectivity index (χ2n) is 2.71. The van der Waals surface area contributed by atoms with Gasteiger partial charge >= 0.3 is 0 Å². The van der Waals surface area contributed by atoms with Crippen LogP contribution in [0.3, 0.4) is 0 Å². The van der Waals surface area contributed by atoms with E-state index in [4.69, 9.17) is 21.1 Å². The van der Waals surface area contributed by atoms with Crippen LogP contribution in [0.15, 0.2) is 0 Å². The quantitative estimate of drug-likeness (QED) is 0.550. The van der Waals surface area contributed by atoms with Gasteiger partial charge < -0.3 is 9.47 Å². The molecule has 0 aromatic rings. The number of alkyl halides is 1. The Hall–Kier alpha value is 0.210. The first kappa shape index (κ1) is 8.31. The normalized spacial score (nSPS) is 41.7. The van der Waals surface area contributed by atoms with Crippen molar-refractivity contribution < 1.29 is 9.47 Å². The molecule has 0 aromatic heterocycles. The van der Waals surface area contributed by atoms with Gasteiger partial charge in [-0.3, -0.25) is 0 Å². The molecule has 0 saturated carbocycles. The molecule has 0 bridgehead atoms. The highest BCUT2D eigenvalue weighted by Gasteiger charge is 2.23. The van der Waals surface area contributed by atoms with E-state index in [0.29, 0.717) is 5.88 Å². The van der Waals surface area contributed by atoms with Crippen LogP contribution in [0, 0.1) is 0 Å². The molecule has 2 nitrogen and oxygen atoms in total. The molecule has 0 radical (unpaired) electrons. The summed E-state index contributed by atoms with van der Waals surface area (Å²) in [4.78, 5) is 0. The zero-order valence-electron chi connectivity index (χ0n) is 6.34. The van der Waals surface area contributed by atoms with Crippen molar-refractivity contribution >= 4 is 11.6 Å². The van der Waals surface area contributed by atoms with Crippen molar-refractivity contribution in [3.63, 3.8) is 0 Å². The van der Waals surface area contributed by atoms with Crippen molar-refractivity contribution in [3.05, 3.63) is 0 Å². The van der Waals surface area contributed by atoms with Crippen molar-refractivity contribution in [1.29, 1.82) is 0 Å². The third kappa shape index (κ3) is 2.11. The molecular formula is C7H13ClO2. The van der Waals surface area contributed by atoms with Crippen molar-refractivity contribution in [1.82, 2.24) is 0 Å². The molecule has 1 aliphatic rings. The number of rotatable bonds is 1. The highest BCUT2D eigenvalue weighted by Crippen LogP contribution is 2.18. The van der Waals surface area contributed by atoms with E-state index in [1.165, 1.54) is 0 Å². The molecule has 0 N–H and O–H groups in total. The minimum Gasteiger partial charge on any atom is -0.348 e. The van der Waals surface area contributed by atoms with Crippen LogP contribution in [0.5, 0.6) is 0 Å². The highest BCUT2D eigenvalue weighted by molar-refractivity contribution is 6.18. The van der Waals surface area contributed by atoms with Gasteiger partial charge in [0.15, 0.2) is 6.29 Å². The smallest absolute Gasteiger partial charge is 0.171 e. The van der Waals surface area contributed by atoms with Gasteiger partial charge in [0.25, 0.3) is 0 Å². The van der Waals surface area contributed by atoms with E-state index in [1.807, 2.05) is 13.8 Å². The van der Waals surface area contributed by atoms with Crippen LogP contribution in [0.2, 0.25) is 0 Å².